The summed E-state index contributed by atoms with van der Waals surface area (Å²) in [6.07, 6.45) is 0. The quantitative estimate of drug-likeness (QED) is 0.0744. The summed E-state index contributed by atoms with van der Waals surface area (Å²) in [5.74, 6) is -0.0101. The highest BCUT2D eigenvalue weighted by Crippen LogP contribution is 2.34. The van der Waals surface area contributed by atoms with Crippen LogP contribution in [0.1, 0.15) is 11.1 Å². The van der Waals surface area contributed by atoms with E-state index in [2.05, 4.69) is 15.5 Å². The summed E-state index contributed by atoms with van der Waals surface area (Å²) in [6, 6.07) is 20.2. The molecule has 0 aromatic heterocycles. The summed E-state index contributed by atoms with van der Waals surface area (Å²) >= 11 is 0. The lowest BCUT2D eigenvalue weighted by atomic mass is 10.2. The fourth-order valence-corrected chi connectivity index (χ4v) is 5.08. The van der Waals surface area contributed by atoms with Crippen molar-refractivity contribution in [3.63, 3.8) is 0 Å². The molecule has 0 spiro atoms. The molecule has 0 radical (unpaired) electrons. The van der Waals surface area contributed by atoms with Gasteiger partial charge < -0.3 is 9.50 Å². The SMILES string of the molecule is Cc1ccc(S(=O)(=O)Oc2ccc(C)cc2N=Nc2ccc(Nc3ccc([N+](=O)[O-])cc3S(=O)(=O)O)cc2)cc1. The maximum absolute atomic E-state index is 12.8. The van der Waals surface area contributed by atoms with Gasteiger partial charge in [0.15, 0.2) is 5.75 Å². The van der Waals surface area contributed by atoms with E-state index in [9.17, 15) is 31.5 Å². The first-order valence-corrected chi connectivity index (χ1v) is 14.3. The van der Waals surface area contributed by atoms with Crippen LogP contribution < -0.4 is 9.50 Å². The molecular formula is C26H22N4O8S2. The van der Waals surface area contributed by atoms with E-state index in [4.69, 9.17) is 4.18 Å². The highest BCUT2D eigenvalue weighted by molar-refractivity contribution is 7.87. The van der Waals surface area contributed by atoms with Crippen LogP contribution in [0, 0.1) is 24.0 Å². The Morgan fingerprint density at radius 3 is 2.10 bits per heavy atom. The number of nitro benzene ring substituents is 1. The second-order valence-electron chi connectivity index (χ2n) is 8.61. The maximum atomic E-state index is 12.8. The number of nitrogens with zero attached hydrogens (tertiary/aromatic N) is 3. The number of nitrogens with one attached hydrogen (secondary N) is 1. The number of benzene rings is 4. The van der Waals surface area contributed by atoms with Gasteiger partial charge in [-0.25, -0.2) is 0 Å². The third-order valence-corrected chi connectivity index (χ3v) is 7.64. The Kier molecular flexibility index (Phi) is 7.95. The van der Waals surface area contributed by atoms with E-state index in [1.54, 1.807) is 55.5 Å². The third-order valence-electron chi connectivity index (χ3n) is 5.50. The Bertz CT molecular complexity index is 1820. The highest BCUT2D eigenvalue weighted by Gasteiger charge is 2.21. The Morgan fingerprint density at radius 1 is 0.825 bits per heavy atom. The number of rotatable bonds is 9. The third kappa shape index (κ3) is 6.85. The predicted octanol–water partition coefficient (Wildman–Crippen LogP) is 6.39. The van der Waals surface area contributed by atoms with E-state index < -0.39 is 35.7 Å². The van der Waals surface area contributed by atoms with Crippen LogP contribution in [-0.4, -0.2) is 26.3 Å². The lowest BCUT2D eigenvalue weighted by molar-refractivity contribution is -0.385. The van der Waals surface area contributed by atoms with Gasteiger partial charge in [-0.3, -0.25) is 14.7 Å². The summed E-state index contributed by atoms with van der Waals surface area (Å²) in [6.45, 7) is 3.64. The van der Waals surface area contributed by atoms with Crippen molar-refractivity contribution >= 4 is 48.7 Å². The summed E-state index contributed by atoms with van der Waals surface area (Å²) in [5.41, 5.74) is 2.07. The van der Waals surface area contributed by atoms with Gasteiger partial charge in [-0.2, -0.15) is 21.9 Å². The molecule has 0 saturated heterocycles. The van der Waals surface area contributed by atoms with E-state index in [1.165, 1.54) is 24.3 Å². The van der Waals surface area contributed by atoms with Crippen molar-refractivity contribution in [3.05, 3.63) is 106 Å². The molecule has 206 valence electrons. The molecule has 0 amide bonds. The van der Waals surface area contributed by atoms with Crippen LogP contribution in [0.15, 0.2) is 105 Å². The predicted molar refractivity (Wildman–Crippen MR) is 147 cm³/mol. The number of azo groups is 1. The molecule has 0 fully saturated rings. The van der Waals surface area contributed by atoms with Gasteiger partial charge in [-0.05, 0) is 74.0 Å². The Labute approximate surface area is 230 Å². The van der Waals surface area contributed by atoms with E-state index in [1.807, 2.05) is 6.92 Å². The Hall–Kier alpha value is -4.66. The molecule has 0 aliphatic heterocycles. The van der Waals surface area contributed by atoms with Crippen LogP contribution in [0.25, 0.3) is 0 Å². The number of hydrogen-bond donors (Lipinski definition) is 2. The van der Waals surface area contributed by atoms with Crippen molar-refractivity contribution in [2.45, 2.75) is 23.6 Å². The molecule has 0 saturated carbocycles. The molecule has 4 rings (SSSR count). The maximum Gasteiger partial charge on any atom is 0.339 e. The van der Waals surface area contributed by atoms with Gasteiger partial charge in [0.25, 0.3) is 15.8 Å². The van der Waals surface area contributed by atoms with Crippen LogP contribution in [0.4, 0.5) is 28.4 Å². The van der Waals surface area contributed by atoms with Crippen LogP contribution in [0.3, 0.4) is 0 Å². The zero-order chi connectivity index (χ0) is 29.1. The lowest BCUT2D eigenvalue weighted by Gasteiger charge is -2.10. The van der Waals surface area contributed by atoms with Crippen LogP contribution >= 0.6 is 0 Å². The van der Waals surface area contributed by atoms with Gasteiger partial charge in [-0.15, -0.1) is 5.11 Å². The summed E-state index contributed by atoms with van der Waals surface area (Å²) in [5, 5.41) is 22.1. The standard InChI is InChI=1S/C26H22N4O8S2/c1-17-3-11-22(12-4-17)40(36,37)38-25-14-5-18(2)15-24(25)29-28-20-8-6-19(7-9-20)27-23-13-10-21(30(31)32)16-26(23)39(33,34)35/h3-16,27H,1-2H3,(H,33,34,35). The molecule has 0 atom stereocenters. The van der Waals surface area contributed by atoms with Gasteiger partial charge in [0, 0.05) is 17.8 Å². The molecule has 40 heavy (non-hydrogen) atoms. The van der Waals surface area contributed by atoms with Crippen LogP contribution in [-0.2, 0) is 20.2 Å². The minimum Gasteiger partial charge on any atom is -0.377 e. The monoisotopic (exact) mass is 582 g/mol. The van der Waals surface area contributed by atoms with Crippen molar-refractivity contribution < 1.29 is 30.5 Å². The van der Waals surface area contributed by atoms with Crippen molar-refractivity contribution in [2.75, 3.05) is 5.32 Å². The van der Waals surface area contributed by atoms with E-state index in [0.29, 0.717) is 11.4 Å². The second-order valence-corrected chi connectivity index (χ2v) is 11.5. The van der Waals surface area contributed by atoms with Crippen LogP contribution in [0.5, 0.6) is 5.75 Å². The summed E-state index contributed by atoms with van der Waals surface area (Å²) < 4.78 is 63.9. The zero-order valence-electron chi connectivity index (χ0n) is 21.0. The summed E-state index contributed by atoms with van der Waals surface area (Å²) in [7, 11) is -8.87. The second kappa shape index (κ2) is 11.2. The smallest absolute Gasteiger partial charge is 0.339 e. The average Bonchev–Trinajstić information content (AvgIpc) is 2.89. The molecule has 0 aliphatic carbocycles. The molecule has 4 aromatic carbocycles. The molecule has 0 bridgehead atoms. The fourth-order valence-electron chi connectivity index (χ4n) is 3.47. The minimum absolute atomic E-state index is 0.00479. The Morgan fingerprint density at radius 2 is 1.48 bits per heavy atom. The number of nitro groups is 1. The first-order chi connectivity index (χ1) is 18.8. The van der Waals surface area contributed by atoms with Gasteiger partial charge in [0.2, 0.25) is 0 Å². The average molecular weight is 583 g/mol. The molecule has 4 aromatic rings. The fraction of sp³-hybridized carbons (Fsp3) is 0.0769. The zero-order valence-corrected chi connectivity index (χ0v) is 22.7. The molecule has 12 nitrogen and oxygen atoms in total. The topological polar surface area (TPSA) is 178 Å². The number of non-ortho nitro benzene ring substituents is 1. The van der Waals surface area contributed by atoms with Gasteiger partial charge in [0.05, 0.1) is 16.3 Å². The van der Waals surface area contributed by atoms with Crippen molar-refractivity contribution in [1.82, 2.24) is 0 Å². The number of aryl methyl sites for hydroxylation is 2. The van der Waals surface area contributed by atoms with Crippen molar-refractivity contribution in [1.29, 1.82) is 0 Å². The minimum atomic E-state index is -4.75. The van der Waals surface area contributed by atoms with Crippen molar-refractivity contribution in [3.8, 4) is 5.75 Å². The van der Waals surface area contributed by atoms with E-state index in [-0.39, 0.29) is 22.0 Å². The molecule has 14 heteroatoms. The van der Waals surface area contributed by atoms with Gasteiger partial charge >= 0.3 is 10.1 Å². The number of anilines is 2. The van der Waals surface area contributed by atoms with Gasteiger partial charge in [0.1, 0.15) is 15.5 Å². The normalized spacial score (nSPS) is 11.9. The lowest BCUT2D eigenvalue weighted by Crippen LogP contribution is -2.09. The highest BCUT2D eigenvalue weighted by atomic mass is 32.2. The van der Waals surface area contributed by atoms with Gasteiger partial charge in [-0.1, -0.05) is 23.8 Å². The van der Waals surface area contributed by atoms with E-state index in [0.717, 1.165) is 23.3 Å². The molecule has 0 unspecified atom stereocenters. The Balaban J connectivity index is 1.55. The molecule has 0 aliphatic rings. The summed E-state index contributed by atoms with van der Waals surface area (Å²) in [4.78, 5) is 9.55. The van der Waals surface area contributed by atoms with Crippen LogP contribution in [0.2, 0.25) is 0 Å². The first-order valence-electron chi connectivity index (χ1n) is 11.5. The first kappa shape index (κ1) is 28.4. The van der Waals surface area contributed by atoms with Crippen molar-refractivity contribution in [2.24, 2.45) is 10.2 Å². The van der Waals surface area contributed by atoms with E-state index >= 15 is 0 Å². The number of hydrogen-bond acceptors (Lipinski definition) is 10. The molecular weight excluding hydrogens is 560 g/mol. The molecule has 0 heterocycles. The largest absolute Gasteiger partial charge is 0.377 e. The molecule has 2 N–H and O–H groups in total.